The van der Waals surface area contributed by atoms with Gasteiger partial charge in [0.15, 0.2) is 0 Å². The normalized spacial score (nSPS) is 14.5. The smallest absolute Gasteiger partial charge is 0.123 e. The van der Waals surface area contributed by atoms with Crippen LogP contribution < -0.4 is 4.90 Å². The molecule has 0 radical (unpaired) electrons. The molecule has 1 N–H and O–H groups in total. The summed E-state index contributed by atoms with van der Waals surface area (Å²) in [7, 11) is 1.98. The Morgan fingerprint density at radius 1 is 1.35 bits per heavy atom. The Morgan fingerprint density at radius 3 is 2.53 bits per heavy atom. The Kier molecular flexibility index (Phi) is 4.94. The average Bonchev–Trinajstić information content (AvgIpc) is 2.28. The van der Waals surface area contributed by atoms with Crippen molar-refractivity contribution < 1.29 is 9.50 Å². The second-order valence-corrected chi connectivity index (χ2v) is 4.77. The number of hydrogen-bond donors (Lipinski definition) is 1. The van der Waals surface area contributed by atoms with Crippen molar-refractivity contribution in [1.29, 1.82) is 0 Å². The van der Waals surface area contributed by atoms with E-state index in [9.17, 15) is 9.50 Å². The van der Waals surface area contributed by atoms with Crippen molar-refractivity contribution in [2.75, 3.05) is 18.5 Å². The first kappa shape index (κ1) is 14.0. The van der Waals surface area contributed by atoms with Crippen LogP contribution in [0.4, 0.5) is 10.1 Å². The molecule has 96 valence electrons. The Labute approximate surface area is 103 Å². The molecule has 0 aliphatic rings. The van der Waals surface area contributed by atoms with Gasteiger partial charge in [0.05, 0.1) is 6.10 Å². The van der Waals surface area contributed by atoms with Gasteiger partial charge in [-0.05, 0) is 31.0 Å². The first-order valence-electron chi connectivity index (χ1n) is 6.14. The van der Waals surface area contributed by atoms with Crippen molar-refractivity contribution in [3.8, 4) is 0 Å². The van der Waals surface area contributed by atoms with E-state index in [1.54, 1.807) is 13.0 Å². The number of halogens is 1. The molecule has 0 saturated heterocycles. The van der Waals surface area contributed by atoms with E-state index >= 15 is 0 Å². The summed E-state index contributed by atoms with van der Waals surface area (Å²) >= 11 is 0. The number of nitrogens with zero attached hydrogens (tertiary/aromatic N) is 1. The third-order valence-corrected chi connectivity index (χ3v) is 3.13. The van der Waals surface area contributed by atoms with Crippen molar-refractivity contribution in [3.63, 3.8) is 0 Å². The molecule has 1 aromatic rings. The summed E-state index contributed by atoms with van der Waals surface area (Å²) in [5.74, 6) is 0.272. The molecule has 0 spiro atoms. The monoisotopic (exact) mass is 239 g/mol. The van der Waals surface area contributed by atoms with Gasteiger partial charge in [0.1, 0.15) is 5.82 Å². The van der Waals surface area contributed by atoms with Gasteiger partial charge >= 0.3 is 0 Å². The molecule has 0 aromatic heterocycles. The minimum Gasteiger partial charge on any atom is -0.389 e. The van der Waals surface area contributed by atoms with Crippen LogP contribution in [0.15, 0.2) is 18.2 Å². The van der Waals surface area contributed by atoms with Crippen LogP contribution in [0.5, 0.6) is 0 Å². The molecule has 1 unspecified atom stereocenters. The molecule has 2 nitrogen and oxygen atoms in total. The summed E-state index contributed by atoms with van der Waals surface area (Å²) in [6, 6.07) is 4.58. The summed E-state index contributed by atoms with van der Waals surface area (Å²) in [5, 5.41) is 9.68. The van der Waals surface area contributed by atoms with Gasteiger partial charge < -0.3 is 10.0 Å². The highest BCUT2D eigenvalue weighted by molar-refractivity contribution is 5.54. The molecule has 1 rings (SSSR count). The van der Waals surface area contributed by atoms with Gasteiger partial charge in [-0.15, -0.1) is 0 Å². The number of anilines is 1. The number of benzene rings is 1. The summed E-state index contributed by atoms with van der Waals surface area (Å²) < 4.78 is 13.2. The first-order chi connectivity index (χ1) is 7.95. The summed E-state index contributed by atoms with van der Waals surface area (Å²) in [6.07, 6.45) is 0.454. The fraction of sp³-hybridized carbons (Fsp3) is 0.571. The lowest BCUT2D eigenvalue weighted by Gasteiger charge is -2.26. The molecule has 0 fully saturated rings. The number of hydrogen-bond acceptors (Lipinski definition) is 2. The molecular weight excluding hydrogens is 217 g/mol. The molecule has 0 aliphatic carbocycles. The highest BCUT2D eigenvalue weighted by Gasteiger charge is 2.14. The highest BCUT2D eigenvalue weighted by atomic mass is 19.1. The predicted octanol–water partition coefficient (Wildman–Crippen LogP) is 3.36. The van der Waals surface area contributed by atoms with Gasteiger partial charge in [-0.1, -0.05) is 20.3 Å². The van der Waals surface area contributed by atoms with Crippen molar-refractivity contribution in [2.45, 2.75) is 33.3 Å². The third-order valence-electron chi connectivity index (χ3n) is 3.13. The van der Waals surface area contributed by atoms with Gasteiger partial charge in [-0.3, -0.25) is 0 Å². The summed E-state index contributed by atoms with van der Waals surface area (Å²) in [5.41, 5.74) is 1.55. The fourth-order valence-electron chi connectivity index (χ4n) is 1.90. The lowest BCUT2D eigenvalue weighted by atomic mass is 10.0. The van der Waals surface area contributed by atoms with Crippen LogP contribution in [0.3, 0.4) is 0 Å². The standard InChI is InChI=1S/C14H22FNO/c1-5-10(2)9-16(4)14-7-6-12(15)8-13(14)11(3)17/h6-8,10-11,17H,5,9H2,1-4H3/t10?,11-/m0/s1. The van der Waals surface area contributed by atoms with E-state index in [1.807, 2.05) is 7.05 Å². The van der Waals surface area contributed by atoms with Gasteiger partial charge in [-0.25, -0.2) is 4.39 Å². The lowest BCUT2D eigenvalue weighted by molar-refractivity contribution is 0.199. The maximum absolute atomic E-state index is 13.2. The van der Waals surface area contributed by atoms with E-state index < -0.39 is 6.10 Å². The molecule has 0 heterocycles. The van der Waals surface area contributed by atoms with E-state index in [1.165, 1.54) is 12.1 Å². The second kappa shape index (κ2) is 6.01. The topological polar surface area (TPSA) is 23.5 Å². The zero-order chi connectivity index (χ0) is 13.0. The maximum Gasteiger partial charge on any atom is 0.123 e. The highest BCUT2D eigenvalue weighted by Crippen LogP contribution is 2.27. The molecule has 17 heavy (non-hydrogen) atoms. The van der Waals surface area contributed by atoms with E-state index in [-0.39, 0.29) is 5.82 Å². The summed E-state index contributed by atoms with van der Waals surface area (Å²) in [4.78, 5) is 2.08. The summed E-state index contributed by atoms with van der Waals surface area (Å²) in [6.45, 7) is 6.90. The van der Waals surface area contributed by atoms with Gasteiger partial charge in [0.25, 0.3) is 0 Å². The first-order valence-corrected chi connectivity index (χ1v) is 6.14. The Hall–Kier alpha value is -1.09. The minimum atomic E-state index is -0.653. The maximum atomic E-state index is 13.2. The van der Waals surface area contributed by atoms with E-state index in [2.05, 4.69) is 18.7 Å². The van der Waals surface area contributed by atoms with E-state index in [4.69, 9.17) is 0 Å². The molecule has 0 amide bonds. The molecule has 1 aromatic carbocycles. The Bertz CT molecular complexity index is 365. The van der Waals surface area contributed by atoms with Crippen molar-refractivity contribution in [3.05, 3.63) is 29.6 Å². The molecule has 3 heteroatoms. The Morgan fingerprint density at radius 2 is 2.00 bits per heavy atom. The van der Waals surface area contributed by atoms with Crippen LogP contribution >= 0.6 is 0 Å². The number of aliphatic hydroxyl groups is 1. The number of rotatable bonds is 5. The van der Waals surface area contributed by atoms with Crippen LogP contribution in [0.1, 0.15) is 38.9 Å². The van der Waals surface area contributed by atoms with Gasteiger partial charge in [-0.2, -0.15) is 0 Å². The largest absolute Gasteiger partial charge is 0.389 e. The third kappa shape index (κ3) is 3.70. The zero-order valence-electron chi connectivity index (χ0n) is 11.1. The van der Waals surface area contributed by atoms with Crippen molar-refractivity contribution in [2.24, 2.45) is 5.92 Å². The zero-order valence-corrected chi connectivity index (χ0v) is 11.1. The molecule has 2 atom stereocenters. The second-order valence-electron chi connectivity index (χ2n) is 4.77. The van der Waals surface area contributed by atoms with Crippen LogP contribution in [0.25, 0.3) is 0 Å². The van der Waals surface area contributed by atoms with Crippen molar-refractivity contribution in [1.82, 2.24) is 0 Å². The SMILES string of the molecule is CCC(C)CN(C)c1ccc(F)cc1[C@H](C)O. The van der Waals surface area contributed by atoms with Crippen LogP contribution in [0.2, 0.25) is 0 Å². The van der Waals surface area contributed by atoms with Gasteiger partial charge in [0.2, 0.25) is 0 Å². The van der Waals surface area contributed by atoms with Crippen LogP contribution in [-0.2, 0) is 0 Å². The number of aliphatic hydroxyl groups excluding tert-OH is 1. The minimum absolute atomic E-state index is 0.304. The lowest BCUT2D eigenvalue weighted by Crippen LogP contribution is -2.25. The average molecular weight is 239 g/mol. The van der Waals surface area contributed by atoms with E-state index in [0.717, 1.165) is 18.7 Å². The molecule has 0 bridgehead atoms. The molecule has 0 aliphatic heterocycles. The molecule has 0 saturated carbocycles. The Balaban J connectivity index is 2.96. The fourth-order valence-corrected chi connectivity index (χ4v) is 1.90. The van der Waals surface area contributed by atoms with Gasteiger partial charge in [0, 0.05) is 24.8 Å². The van der Waals surface area contributed by atoms with Crippen molar-refractivity contribution >= 4 is 5.69 Å². The predicted molar refractivity (Wildman–Crippen MR) is 69.8 cm³/mol. The molecular formula is C14H22FNO. The van der Waals surface area contributed by atoms with Crippen LogP contribution in [0, 0.1) is 11.7 Å². The quantitative estimate of drug-likeness (QED) is 0.851. The van der Waals surface area contributed by atoms with Crippen LogP contribution in [-0.4, -0.2) is 18.7 Å². The van der Waals surface area contributed by atoms with E-state index in [0.29, 0.717) is 11.5 Å².